The average Bonchev–Trinajstić information content (AvgIpc) is 2.85. The molecule has 4 amide bonds. The lowest BCUT2D eigenvalue weighted by Gasteiger charge is -2.23. The number of alkyl halides is 3. The molecule has 0 bridgehead atoms. The lowest BCUT2D eigenvalue weighted by Crippen LogP contribution is -2.42. The lowest BCUT2D eigenvalue weighted by atomic mass is 9.90. The van der Waals surface area contributed by atoms with Crippen molar-refractivity contribution in [1.29, 1.82) is 0 Å². The first-order valence-electron chi connectivity index (χ1n) is 8.69. The van der Waals surface area contributed by atoms with E-state index in [0.717, 1.165) is 23.8 Å². The van der Waals surface area contributed by atoms with E-state index in [9.17, 15) is 27.6 Å². The van der Waals surface area contributed by atoms with E-state index in [-0.39, 0.29) is 5.56 Å². The number of rotatable bonds is 4. The Labute approximate surface area is 164 Å². The van der Waals surface area contributed by atoms with Gasteiger partial charge in [0.1, 0.15) is 12.1 Å². The van der Waals surface area contributed by atoms with Crippen LogP contribution in [0.1, 0.15) is 23.6 Å². The standard InChI is InChI=1S/C20H18F3N3O3/c1-12-5-3-8-15(9-12)24-16(27)11-26-17(28)19(2,25-18(26)29)13-6-4-7-14(10-13)20(21,22)23/h3-10H,11H2,1-2H3,(H,24,27)(H,25,29)/t19-/m0/s1. The van der Waals surface area contributed by atoms with E-state index in [4.69, 9.17) is 0 Å². The minimum absolute atomic E-state index is 0.0210. The van der Waals surface area contributed by atoms with Gasteiger partial charge in [-0.3, -0.25) is 14.5 Å². The molecule has 6 nitrogen and oxygen atoms in total. The van der Waals surface area contributed by atoms with E-state index >= 15 is 0 Å². The zero-order valence-electron chi connectivity index (χ0n) is 15.6. The molecule has 1 fully saturated rings. The van der Waals surface area contributed by atoms with Crippen LogP contribution in [-0.4, -0.2) is 29.3 Å². The van der Waals surface area contributed by atoms with E-state index in [2.05, 4.69) is 10.6 Å². The van der Waals surface area contributed by atoms with Crippen molar-refractivity contribution in [2.75, 3.05) is 11.9 Å². The van der Waals surface area contributed by atoms with Gasteiger partial charge in [0.05, 0.1) is 5.56 Å². The molecule has 1 heterocycles. The van der Waals surface area contributed by atoms with E-state index in [1.165, 1.54) is 13.0 Å². The normalized spacial score (nSPS) is 19.3. The number of amides is 4. The molecule has 9 heteroatoms. The zero-order chi connectivity index (χ0) is 21.4. The van der Waals surface area contributed by atoms with Crippen LogP contribution in [0.5, 0.6) is 0 Å². The van der Waals surface area contributed by atoms with Crippen LogP contribution in [0.4, 0.5) is 23.7 Å². The summed E-state index contributed by atoms with van der Waals surface area (Å²) in [5, 5.41) is 4.98. The van der Waals surface area contributed by atoms with Crippen LogP contribution < -0.4 is 10.6 Å². The smallest absolute Gasteiger partial charge is 0.325 e. The summed E-state index contributed by atoms with van der Waals surface area (Å²) in [7, 11) is 0. The van der Waals surface area contributed by atoms with Gasteiger partial charge in [0.2, 0.25) is 5.91 Å². The number of imide groups is 1. The fourth-order valence-electron chi connectivity index (χ4n) is 3.11. The molecule has 1 saturated heterocycles. The molecule has 1 atom stereocenters. The maximum absolute atomic E-state index is 13.0. The Morgan fingerprint density at radius 3 is 2.48 bits per heavy atom. The number of carbonyl (C=O) groups excluding carboxylic acids is 3. The SMILES string of the molecule is Cc1cccc(NC(=O)CN2C(=O)N[C@@](C)(c3cccc(C(F)(F)F)c3)C2=O)c1. The minimum atomic E-state index is -4.59. The van der Waals surface area contributed by atoms with Crippen molar-refractivity contribution < 1.29 is 27.6 Å². The number of nitrogens with zero attached hydrogens (tertiary/aromatic N) is 1. The van der Waals surface area contributed by atoms with Crippen molar-refractivity contribution in [3.05, 3.63) is 65.2 Å². The van der Waals surface area contributed by atoms with Crippen LogP contribution in [0.15, 0.2) is 48.5 Å². The third-order valence-electron chi connectivity index (χ3n) is 4.65. The highest BCUT2D eigenvalue weighted by Crippen LogP contribution is 2.34. The van der Waals surface area contributed by atoms with Crippen LogP contribution in [0, 0.1) is 6.92 Å². The first-order chi connectivity index (χ1) is 13.5. The van der Waals surface area contributed by atoms with E-state index in [0.29, 0.717) is 10.6 Å². The number of benzene rings is 2. The molecular weight excluding hydrogens is 387 g/mol. The molecule has 2 N–H and O–H groups in total. The molecule has 0 spiro atoms. The summed E-state index contributed by atoms with van der Waals surface area (Å²) >= 11 is 0. The molecular formula is C20H18F3N3O3. The van der Waals surface area contributed by atoms with Gasteiger partial charge in [-0.2, -0.15) is 13.2 Å². The second-order valence-electron chi connectivity index (χ2n) is 6.94. The lowest BCUT2D eigenvalue weighted by molar-refractivity contribution is -0.138. The Hall–Kier alpha value is -3.36. The predicted octanol–water partition coefficient (Wildman–Crippen LogP) is 3.42. The van der Waals surface area contributed by atoms with Crippen molar-refractivity contribution in [3.63, 3.8) is 0 Å². The predicted molar refractivity (Wildman–Crippen MR) is 98.8 cm³/mol. The van der Waals surface area contributed by atoms with Gasteiger partial charge in [0.15, 0.2) is 0 Å². The summed E-state index contributed by atoms with van der Waals surface area (Å²) < 4.78 is 39.0. The molecule has 0 aliphatic carbocycles. The topological polar surface area (TPSA) is 78.5 Å². The van der Waals surface area contributed by atoms with Gasteiger partial charge in [-0.05, 0) is 49.2 Å². The Kier molecular flexibility index (Phi) is 5.08. The molecule has 0 radical (unpaired) electrons. The molecule has 2 aromatic rings. The van der Waals surface area contributed by atoms with Crippen molar-refractivity contribution in [1.82, 2.24) is 10.2 Å². The second kappa shape index (κ2) is 7.23. The van der Waals surface area contributed by atoms with Crippen LogP contribution in [-0.2, 0) is 21.3 Å². The Morgan fingerprint density at radius 2 is 1.83 bits per heavy atom. The fourth-order valence-corrected chi connectivity index (χ4v) is 3.11. The number of hydrogen-bond donors (Lipinski definition) is 2. The number of nitrogens with one attached hydrogen (secondary N) is 2. The van der Waals surface area contributed by atoms with Crippen LogP contribution in [0.2, 0.25) is 0 Å². The summed E-state index contributed by atoms with van der Waals surface area (Å²) in [6.07, 6.45) is -4.59. The second-order valence-corrected chi connectivity index (χ2v) is 6.94. The third-order valence-corrected chi connectivity index (χ3v) is 4.65. The molecule has 1 aliphatic heterocycles. The van der Waals surface area contributed by atoms with Crippen molar-refractivity contribution in [2.45, 2.75) is 25.6 Å². The minimum Gasteiger partial charge on any atom is -0.325 e. The molecule has 0 saturated carbocycles. The van der Waals surface area contributed by atoms with E-state index < -0.39 is 41.7 Å². The molecule has 0 unspecified atom stereocenters. The van der Waals surface area contributed by atoms with Gasteiger partial charge in [-0.15, -0.1) is 0 Å². The van der Waals surface area contributed by atoms with Crippen molar-refractivity contribution in [2.24, 2.45) is 0 Å². The van der Waals surface area contributed by atoms with E-state index in [1.54, 1.807) is 18.2 Å². The number of hydrogen-bond acceptors (Lipinski definition) is 3. The van der Waals surface area contributed by atoms with Crippen LogP contribution >= 0.6 is 0 Å². The highest BCUT2D eigenvalue weighted by molar-refractivity contribution is 6.10. The Balaban J connectivity index is 1.79. The highest BCUT2D eigenvalue weighted by atomic mass is 19.4. The van der Waals surface area contributed by atoms with Crippen LogP contribution in [0.3, 0.4) is 0 Å². The maximum atomic E-state index is 13.0. The van der Waals surface area contributed by atoms with Crippen molar-refractivity contribution in [3.8, 4) is 0 Å². The zero-order valence-corrected chi connectivity index (χ0v) is 15.6. The number of carbonyl (C=O) groups is 3. The maximum Gasteiger partial charge on any atom is 0.416 e. The van der Waals surface area contributed by atoms with Gasteiger partial charge in [-0.25, -0.2) is 4.79 Å². The Bertz CT molecular complexity index is 990. The number of urea groups is 1. The summed E-state index contributed by atoms with van der Waals surface area (Å²) in [4.78, 5) is 38.1. The van der Waals surface area contributed by atoms with Crippen molar-refractivity contribution >= 4 is 23.5 Å². The summed E-state index contributed by atoms with van der Waals surface area (Å²) in [6.45, 7) is 2.59. The molecule has 2 aromatic carbocycles. The summed E-state index contributed by atoms with van der Waals surface area (Å²) in [5.74, 6) is -1.41. The number of anilines is 1. The van der Waals surface area contributed by atoms with Gasteiger partial charge in [0.25, 0.3) is 5.91 Å². The molecule has 0 aromatic heterocycles. The number of halogens is 3. The quantitative estimate of drug-likeness (QED) is 0.766. The third kappa shape index (κ3) is 4.08. The van der Waals surface area contributed by atoms with Gasteiger partial charge in [0, 0.05) is 5.69 Å². The molecule has 29 heavy (non-hydrogen) atoms. The number of aryl methyl sites for hydroxylation is 1. The summed E-state index contributed by atoms with van der Waals surface area (Å²) in [6, 6.07) is 10.3. The van der Waals surface area contributed by atoms with Gasteiger partial charge >= 0.3 is 12.2 Å². The highest BCUT2D eigenvalue weighted by Gasteiger charge is 2.50. The van der Waals surface area contributed by atoms with E-state index in [1.807, 2.05) is 13.0 Å². The monoisotopic (exact) mass is 405 g/mol. The fraction of sp³-hybridized carbons (Fsp3) is 0.250. The average molecular weight is 405 g/mol. The first-order valence-corrected chi connectivity index (χ1v) is 8.69. The Morgan fingerprint density at radius 1 is 1.14 bits per heavy atom. The molecule has 3 rings (SSSR count). The molecule has 152 valence electrons. The molecule has 1 aliphatic rings. The first kappa shape index (κ1) is 20.4. The largest absolute Gasteiger partial charge is 0.416 e. The van der Waals surface area contributed by atoms with Gasteiger partial charge in [-0.1, -0.05) is 24.3 Å². The summed E-state index contributed by atoms with van der Waals surface area (Å²) in [5.41, 5.74) is -1.25. The van der Waals surface area contributed by atoms with Gasteiger partial charge < -0.3 is 10.6 Å². The van der Waals surface area contributed by atoms with Crippen LogP contribution in [0.25, 0.3) is 0 Å².